The summed E-state index contributed by atoms with van der Waals surface area (Å²) in [7, 11) is -8.67. The molecule has 0 heterocycles. The Balaban J connectivity index is -0.0000000192. The largest absolute Gasteiger partial charge is 1.00 e. The summed E-state index contributed by atoms with van der Waals surface area (Å²) in [6.07, 6.45) is 0. The summed E-state index contributed by atoms with van der Waals surface area (Å²) in [5.74, 6) is 0. The molecule has 0 saturated heterocycles. The van der Waals surface area contributed by atoms with E-state index in [1.54, 1.807) is 0 Å². The molecule has 0 spiro atoms. The van der Waals surface area contributed by atoms with E-state index in [1.807, 2.05) is 0 Å². The molecule has 0 aromatic rings. The summed E-state index contributed by atoms with van der Waals surface area (Å²) in [5, 5.41) is 86.0. The van der Waals surface area contributed by atoms with Crippen LogP contribution < -0.4 is 51.4 Å². The van der Waals surface area contributed by atoms with Crippen LogP contribution in [0.25, 0.3) is 0 Å². The fourth-order valence-electron chi connectivity index (χ4n) is 0. The van der Waals surface area contributed by atoms with Gasteiger partial charge in [0, 0.05) is 0 Å². The molecule has 0 unspecified atom stereocenters. The van der Waals surface area contributed by atoms with E-state index in [0.717, 1.165) is 0 Å². The van der Waals surface area contributed by atoms with Gasteiger partial charge in [-0.2, -0.15) is 0 Å². The van der Waals surface area contributed by atoms with Crippen LogP contribution >= 0.6 is 0 Å². The van der Waals surface area contributed by atoms with E-state index in [1.165, 1.54) is 0 Å². The minimum atomic E-state index is -2.17. The smallest absolute Gasteiger partial charge is 1.00 e. The summed E-state index contributed by atoms with van der Waals surface area (Å²) >= 11 is 0. The maximum absolute atomic E-state index is 7.17. The van der Waals surface area contributed by atoms with Crippen molar-refractivity contribution >= 4 is 29.3 Å². The molecule has 0 bridgehead atoms. The van der Waals surface area contributed by atoms with Crippen molar-refractivity contribution in [3.05, 3.63) is 0 Å². The van der Waals surface area contributed by atoms with Gasteiger partial charge in [-0.3, -0.25) is 0 Å². The van der Waals surface area contributed by atoms with Crippen LogP contribution in [0.3, 0.4) is 0 Å². The summed E-state index contributed by atoms with van der Waals surface area (Å²) in [6, 6.07) is 0. The molecular formula is H15B4KO13. The first-order valence-corrected chi connectivity index (χ1v) is 3.10. The molecule has 0 atom stereocenters. The number of rotatable bonds is 0. The van der Waals surface area contributed by atoms with E-state index in [0.29, 0.717) is 0 Å². The quantitative estimate of drug-likeness (QED) is 0.186. The zero-order valence-corrected chi connectivity index (χ0v) is 12.3. The molecule has 0 saturated carbocycles. The molecule has 0 fully saturated rings. The fourth-order valence-corrected chi connectivity index (χ4v) is 0. The van der Waals surface area contributed by atoms with Crippen LogP contribution in [0, 0.1) is 0 Å². The van der Waals surface area contributed by atoms with E-state index >= 15 is 0 Å². The van der Waals surface area contributed by atoms with Crippen molar-refractivity contribution in [1.29, 1.82) is 0 Å². The van der Waals surface area contributed by atoms with Gasteiger partial charge in [0.2, 0.25) is 0 Å². The molecule has 106 valence electrons. The Kier molecular flexibility index (Phi) is 63.0. The molecule has 0 rings (SSSR count). The van der Waals surface area contributed by atoms with Gasteiger partial charge in [0.1, 0.15) is 0 Å². The fraction of sp³-hybridized carbons (Fsp3) is 0. The molecule has 0 amide bonds. The van der Waals surface area contributed by atoms with E-state index < -0.39 is 29.3 Å². The number of hydrogen-bond acceptors (Lipinski definition) is 12. The van der Waals surface area contributed by atoms with Crippen LogP contribution in [0.5, 0.6) is 0 Å². The molecule has 18 heavy (non-hydrogen) atoms. The van der Waals surface area contributed by atoms with Crippen LogP contribution in [-0.2, 0) is 0 Å². The molecule has 13 nitrogen and oxygen atoms in total. The van der Waals surface area contributed by atoms with Crippen molar-refractivity contribution in [2.75, 3.05) is 0 Å². The van der Waals surface area contributed by atoms with Crippen LogP contribution in [0.15, 0.2) is 0 Å². The van der Waals surface area contributed by atoms with Gasteiger partial charge in [-0.15, -0.1) is 0 Å². The molecular weight excluding hydrogens is 290 g/mol. The Morgan fingerprint density at radius 1 is 0.389 bits per heavy atom. The van der Waals surface area contributed by atoms with Crippen molar-refractivity contribution in [1.82, 2.24) is 0 Å². The standard InChI is InChI=1S/4BH3O3.K.H2O.H/c4*2-1(3)4;;;/h4*2-4H;;1H2;/q;;;;+1;;-1. The van der Waals surface area contributed by atoms with Gasteiger partial charge >= 0.3 is 80.7 Å². The van der Waals surface area contributed by atoms with Crippen molar-refractivity contribution in [3.63, 3.8) is 0 Å². The van der Waals surface area contributed by atoms with Crippen molar-refractivity contribution < 1.29 is 119 Å². The monoisotopic (exact) mass is 306 g/mol. The second kappa shape index (κ2) is 31.0. The zero-order valence-electron chi connectivity index (χ0n) is 10.2. The molecule has 0 aliphatic heterocycles. The Morgan fingerprint density at radius 2 is 0.389 bits per heavy atom. The average Bonchev–Trinajstić information content (AvgIpc) is 1.76. The van der Waals surface area contributed by atoms with Crippen LogP contribution in [-0.4, -0.2) is 95.0 Å². The Hall–Kier alpha value is 1.38. The van der Waals surface area contributed by atoms with Gasteiger partial charge in [-0.05, 0) is 0 Å². The Labute approximate surface area is 147 Å². The second-order valence-electron chi connectivity index (χ2n) is 1.39. The van der Waals surface area contributed by atoms with E-state index in [4.69, 9.17) is 60.3 Å². The zero-order chi connectivity index (χ0) is 14.3. The third-order valence-electron chi connectivity index (χ3n) is 0. The Morgan fingerprint density at radius 3 is 0.389 bits per heavy atom. The van der Waals surface area contributed by atoms with Gasteiger partial charge < -0.3 is 67.2 Å². The van der Waals surface area contributed by atoms with Gasteiger partial charge in [0.05, 0.1) is 0 Å². The molecule has 0 aliphatic rings. The average molecular weight is 305 g/mol. The van der Waals surface area contributed by atoms with E-state index in [9.17, 15) is 0 Å². The van der Waals surface area contributed by atoms with Crippen molar-refractivity contribution in [2.24, 2.45) is 0 Å². The predicted molar refractivity (Wildman–Crippen MR) is 54.4 cm³/mol. The molecule has 0 aromatic carbocycles. The van der Waals surface area contributed by atoms with Crippen LogP contribution in [0.4, 0.5) is 0 Å². The summed E-state index contributed by atoms with van der Waals surface area (Å²) in [6.45, 7) is 0. The van der Waals surface area contributed by atoms with Gasteiger partial charge in [-0.1, -0.05) is 0 Å². The minimum absolute atomic E-state index is 0. The molecule has 0 aromatic heterocycles. The summed E-state index contributed by atoms with van der Waals surface area (Å²) in [4.78, 5) is 0. The third kappa shape index (κ3) is 2460. The molecule has 0 radical (unpaired) electrons. The van der Waals surface area contributed by atoms with E-state index in [2.05, 4.69) is 0 Å². The van der Waals surface area contributed by atoms with Gasteiger partial charge in [0.25, 0.3) is 0 Å². The van der Waals surface area contributed by atoms with E-state index in [-0.39, 0.29) is 58.3 Å². The first-order valence-electron chi connectivity index (χ1n) is 3.10. The molecule has 18 heteroatoms. The Bertz CT molecular complexity index is 67.6. The minimum Gasteiger partial charge on any atom is -1.00 e. The first kappa shape index (κ1) is 36.6. The first-order chi connectivity index (χ1) is 6.93. The topological polar surface area (TPSA) is 274 Å². The van der Waals surface area contributed by atoms with Crippen LogP contribution in [0.1, 0.15) is 1.43 Å². The molecule has 14 N–H and O–H groups in total. The van der Waals surface area contributed by atoms with Gasteiger partial charge in [0.15, 0.2) is 0 Å². The SMILES string of the molecule is O.OB(O)O.OB(O)O.OB(O)O.OB(O)O.[H-].[K+]. The van der Waals surface area contributed by atoms with Crippen LogP contribution in [0.2, 0.25) is 0 Å². The second-order valence-corrected chi connectivity index (χ2v) is 1.39. The maximum atomic E-state index is 7.17. The predicted octanol–water partition coefficient (Wildman–Crippen LogP) is -11.9. The normalized spacial score (nSPS) is 6.00. The number of hydrogen-bond donors (Lipinski definition) is 12. The van der Waals surface area contributed by atoms with Gasteiger partial charge in [-0.25, -0.2) is 0 Å². The third-order valence-corrected chi connectivity index (χ3v) is 0. The molecule has 0 aliphatic carbocycles. The maximum Gasteiger partial charge on any atom is 1.00 e. The summed E-state index contributed by atoms with van der Waals surface area (Å²) < 4.78 is 0. The van der Waals surface area contributed by atoms with Crippen molar-refractivity contribution in [2.45, 2.75) is 0 Å². The van der Waals surface area contributed by atoms with Crippen molar-refractivity contribution in [3.8, 4) is 0 Å². The summed E-state index contributed by atoms with van der Waals surface area (Å²) in [5.41, 5.74) is 0.